The molecule has 4 nitrogen and oxygen atoms in total. The predicted octanol–water partition coefficient (Wildman–Crippen LogP) is 2.49. The first-order valence-electron chi connectivity index (χ1n) is 6.23. The molecule has 6 heteroatoms. The van der Waals surface area contributed by atoms with E-state index in [1.54, 1.807) is 25.3 Å². The Bertz CT molecular complexity index is 547. The van der Waals surface area contributed by atoms with Gasteiger partial charge in [0.2, 0.25) is 10.0 Å². The molecule has 0 aromatic heterocycles. The summed E-state index contributed by atoms with van der Waals surface area (Å²) in [5.74, 6) is 0.388. The van der Waals surface area contributed by atoms with E-state index in [0.29, 0.717) is 23.9 Å². The zero-order valence-electron chi connectivity index (χ0n) is 11.0. The van der Waals surface area contributed by atoms with Crippen LogP contribution in [0.2, 0.25) is 0 Å². The number of methoxy groups -OCH3 is 1. The summed E-state index contributed by atoms with van der Waals surface area (Å²) < 4.78 is 32.8. The summed E-state index contributed by atoms with van der Waals surface area (Å²) in [5.41, 5.74) is 0. The van der Waals surface area contributed by atoms with Crippen LogP contribution in [0.4, 0.5) is 0 Å². The zero-order chi connectivity index (χ0) is 14.0. The van der Waals surface area contributed by atoms with Crippen molar-refractivity contribution in [3.8, 4) is 0 Å². The molecule has 1 saturated heterocycles. The van der Waals surface area contributed by atoms with Crippen LogP contribution in [0.15, 0.2) is 33.6 Å². The van der Waals surface area contributed by atoms with E-state index in [9.17, 15) is 8.42 Å². The van der Waals surface area contributed by atoms with E-state index in [-0.39, 0.29) is 6.10 Å². The zero-order valence-corrected chi connectivity index (χ0v) is 13.4. The molecule has 1 aromatic carbocycles. The number of hydrogen-bond acceptors (Lipinski definition) is 3. The van der Waals surface area contributed by atoms with Crippen molar-refractivity contribution < 1.29 is 13.2 Å². The average molecular weight is 348 g/mol. The van der Waals surface area contributed by atoms with Gasteiger partial charge in [0.15, 0.2) is 0 Å². The predicted molar refractivity (Wildman–Crippen MR) is 77.5 cm³/mol. The van der Waals surface area contributed by atoms with Gasteiger partial charge in [0, 0.05) is 24.7 Å². The number of piperidine rings is 1. The number of hydrogen-bond donors (Lipinski definition) is 0. The van der Waals surface area contributed by atoms with Gasteiger partial charge in [-0.15, -0.1) is 0 Å². The van der Waals surface area contributed by atoms with Gasteiger partial charge in [-0.2, -0.15) is 4.31 Å². The lowest BCUT2D eigenvalue weighted by Gasteiger charge is -2.35. The largest absolute Gasteiger partial charge is 0.380 e. The summed E-state index contributed by atoms with van der Waals surface area (Å²) in [4.78, 5) is 0.325. The molecule has 2 unspecified atom stereocenters. The minimum Gasteiger partial charge on any atom is -0.380 e. The Morgan fingerprint density at radius 1 is 1.42 bits per heavy atom. The van der Waals surface area contributed by atoms with Gasteiger partial charge in [0.1, 0.15) is 0 Å². The molecule has 0 amide bonds. The quantitative estimate of drug-likeness (QED) is 0.843. The first-order chi connectivity index (χ1) is 8.95. The lowest BCUT2D eigenvalue weighted by Crippen LogP contribution is -2.46. The Balaban J connectivity index is 2.25. The van der Waals surface area contributed by atoms with Gasteiger partial charge in [-0.1, -0.05) is 28.9 Å². The fraction of sp³-hybridized carbons (Fsp3) is 0.538. The molecule has 0 bridgehead atoms. The average Bonchev–Trinajstić information content (AvgIpc) is 2.39. The van der Waals surface area contributed by atoms with Crippen LogP contribution in [0.25, 0.3) is 0 Å². The number of benzene rings is 1. The summed E-state index contributed by atoms with van der Waals surface area (Å²) in [6.45, 7) is 3.07. The molecule has 2 atom stereocenters. The summed E-state index contributed by atoms with van der Waals surface area (Å²) in [5, 5.41) is 0. The van der Waals surface area contributed by atoms with Gasteiger partial charge in [0.25, 0.3) is 0 Å². The highest BCUT2D eigenvalue weighted by atomic mass is 79.9. The molecular formula is C13H18BrNO3S. The highest BCUT2D eigenvalue weighted by Gasteiger charge is 2.33. The molecule has 1 fully saturated rings. The van der Waals surface area contributed by atoms with Gasteiger partial charge in [-0.3, -0.25) is 0 Å². The van der Waals surface area contributed by atoms with E-state index in [4.69, 9.17) is 4.74 Å². The van der Waals surface area contributed by atoms with E-state index >= 15 is 0 Å². The van der Waals surface area contributed by atoms with Crippen LogP contribution in [-0.4, -0.2) is 39.0 Å². The Kier molecular flexibility index (Phi) is 4.66. The Morgan fingerprint density at radius 3 is 2.79 bits per heavy atom. The maximum absolute atomic E-state index is 12.6. The second kappa shape index (κ2) is 5.91. The van der Waals surface area contributed by atoms with Crippen LogP contribution in [0.3, 0.4) is 0 Å². The smallest absolute Gasteiger partial charge is 0.243 e. The number of rotatable bonds is 3. The SMILES string of the molecule is COC1CN(S(=O)(=O)c2cccc(Br)c2)CCC1C. The third kappa shape index (κ3) is 3.18. The molecule has 1 aromatic rings. The number of ether oxygens (including phenoxy) is 1. The van der Waals surface area contributed by atoms with E-state index in [1.165, 1.54) is 4.31 Å². The van der Waals surface area contributed by atoms with Crippen LogP contribution in [0.5, 0.6) is 0 Å². The molecule has 2 rings (SSSR count). The summed E-state index contributed by atoms with van der Waals surface area (Å²) in [7, 11) is -1.79. The van der Waals surface area contributed by atoms with Gasteiger partial charge in [-0.25, -0.2) is 8.42 Å². The van der Waals surface area contributed by atoms with Gasteiger partial charge >= 0.3 is 0 Å². The molecule has 0 radical (unpaired) electrons. The summed E-state index contributed by atoms with van der Waals surface area (Å²) >= 11 is 3.31. The summed E-state index contributed by atoms with van der Waals surface area (Å²) in [6.07, 6.45) is 0.793. The van der Waals surface area contributed by atoms with E-state index < -0.39 is 10.0 Å². The van der Waals surface area contributed by atoms with Crippen molar-refractivity contribution in [3.05, 3.63) is 28.7 Å². The topological polar surface area (TPSA) is 46.6 Å². The molecule has 19 heavy (non-hydrogen) atoms. The number of sulfonamides is 1. The Morgan fingerprint density at radius 2 is 2.16 bits per heavy atom. The molecular weight excluding hydrogens is 330 g/mol. The Labute approximate surface area is 122 Å². The van der Waals surface area contributed by atoms with Gasteiger partial charge in [0.05, 0.1) is 11.0 Å². The minimum atomic E-state index is -3.43. The molecule has 1 aliphatic heterocycles. The fourth-order valence-electron chi connectivity index (χ4n) is 2.31. The third-order valence-corrected chi connectivity index (χ3v) is 5.94. The van der Waals surface area contributed by atoms with Crippen molar-refractivity contribution in [1.29, 1.82) is 0 Å². The van der Waals surface area contributed by atoms with E-state index in [2.05, 4.69) is 22.9 Å². The molecule has 0 aliphatic carbocycles. The van der Waals surface area contributed by atoms with Crippen molar-refractivity contribution in [3.63, 3.8) is 0 Å². The molecule has 1 aliphatic rings. The fourth-order valence-corrected chi connectivity index (χ4v) is 4.37. The molecule has 0 spiro atoms. The molecule has 0 N–H and O–H groups in total. The summed E-state index contributed by atoms with van der Waals surface area (Å²) in [6, 6.07) is 6.81. The van der Waals surface area contributed by atoms with Crippen molar-refractivity contribution in [2.75, 3.05) is 20.2 Å². The van der Waals surface area contributed by atoms with Crippen LogP contribution in [0.1, 0.15) is 13.3 Å². The van der Waals surface area contributed by atoms with Crippen molar-refractivity contribution in [1.82, 2.24) is 4.31 Å². The van der Waals surface area contributed by atoms with Crippen LogP contribution >= 0.6 is 15.9 Å². The highest BCUT2D eigenvalue weighted by Crippen LogP contribution is 2.26. The number of halogens is 1. The third-order valence-electron chi connectivity index (χ3n) is 3.59. The maximum atomic E-state index is 12.6. The second-order valence-electron chi connectivity index (χ2n) is 4.86. The lowest BCUT2D eigenvalue weighted by atomic mass is 9.97. The van der Waals surface area contributed by atoms with E-state index in [1.807, 2.05) is 6.07 Å². The normalized spacial score (nSPS) is 25.4. The molecule has 1 heterocycles. The van der Waals surface area contributed by atoms with E-state index in [0.717, 1.165) is 10.9 Å². The Hall–Kier alpha value is -0.430. The van der Waals surface area contributed by atoms with Crippen LogP contribution < -0.4 is 0 Å². The van der Waals surface area contributed by atoms with Gasteiger partial charge in [-0.05, 0) is 30.5 Å². The standard InChI is InChI=1S/C13H18BrNO3S/c1-10-6-7-15(9-13(10)18-2)19(16,17)12-5-3-4-11(14)8-12/h3-5,8,10,13H,6-7,9H2,1-2H3. The van der Waals surface area contributed by atoms with Crippen LogP contribution in [0, 0.1) is 5.92 Å². The monoisotopic (exact) mass is 347 g/mol. The van der Waals surface area contributed by atoms with Crippen LogP contribution in [-0.2, 0) is 14.8 Å². The minimum absolute atomic E-state index is 0.0318. The maximum Gasteiger partial charge on any atom is 0.243 e. The van der Waals surface area contributed by atoms with Crippen molar-refractivity contribution in [2.45, 2.75) is 24.3 Å². The lowest BCUT2D eigenvalue weighted by molar-refractivity contribution is 0.0184. The van der Waals surface area contributed by atoms with Crippen molar-refractivity contribution in [2.24, 2.45) is 5.92 Å². The number of nitrogens with zero attached hydrogens (tertiary/aromatic N) is 1. The molecule has 106 valence electrons. The van der Waals surface area contributed by atoms with Crippen molar-refractivity contribution >= 4 is 26.0 Å². The molecule has 0 saturated carbocycles. The highest BCUT2D eigenvalue weighted by molar-refractivity contribution is 9.10. The van der Waals surface area contributed by atoms with Gasteiger partial charge < -0.3 is 4.74 Å². The first kappa shape index (κ1) is 15.0. The first-order valence-corrected chi connectivity index (χ1v) is 8.47. The second-order valence-corrected chi connectivity index (χ2v) is 7.71.